The van der Waals surface area contributed by atoms with Crippen molar-refractivity contribution in [1.82, 2.24) is 14.9 Å². The van der Waals surface area contributed by atoms with E-state index in [1.165, 1.54) is 42.9 Å². The Morgan fingerprint density at radius 3 is 2.38 bits per heavy atom. The van der Waals surface area contributed by atoms with Crippen LogP contribution in [0.5, 0.6) is 0 Å². The molecule has 0 saturated carbocycles. The van der Waals surface area contributed by atoms with Crippen molar-refractivity contribution in [3.05, 3.63) is 95.5 Å². The van der Waals surface area contributed by atoms with E-state index in [1.54, 1.807) is 30.3 Å². The fourth-order valence-electron chi connectivity index (χ4n) is 3.90. The predicted octanol–water partition coefficient (Wildman–Crippen LogP) is 3.68. The summed E-state index contributed by atoms with van der Waals surface area (Å²) >= 11 is 0. The first-order valence-electron chi connectivity index (χ1n) is 11.4. The topological polar surface area (TPSA) is 91.6 Å². The molecule has 7 nitrogen and oxygen atoms in total. The highest BCUT2D eigenvalue weighted by Crippen LogP contribution is 2.16. The normalized spacial score (nSPS) is 14.6. The summed E-state index contributed by atoms with van der Waals surface area (Å²) in [6.45, 7) is 3.71. The van der Waals surface area contributed by atoms with Crippen molar-refractivity contribution in [2.75, 3.05) is 13.1 Å². The molecule has 34 heavy (non-hydrogen) atoms. The van der Waals surface area contributed by atoms with Crippen LogP contribution in [0.15, 0.2) is 82.3 Å². The number of hydrogen-bond donors (Lipinski definition) is 2. The number of benzene rings is 2. The van der Waals surface area contributed by atoms with Gasteiger partial charge in [-0.05, 0) is 73.0 Å². The van der Waals surface area contributed by atoms with E-state index in [2.05, 4.69) is 27.1 Å². The molecule has 0 spiro atoms. The summed E-state index contributed by atoms with van der Waals surface area (Å²) in [7, 11) is -3.65. The SMILES string of the molecule is O=C(/C=C/c1ccc(S(=O)(=O)NCc2ccco2)cc1)NCc1ccccc1CN1CCCC1. The minimum atomic E-state index is -3.65. The van der Waals surface area contributed by atoms with Gasteiger partial charge in [0.25, 0.3) is 0 Å². The first-order valence-corrected chi connectivity index (χ1v) is 12.8. The molecule has 1 aliphatic rings. The monoisotopic (exact) mass is 479 g/mol. The summed E-state index contributed by atoms with van der Waals surface area (Å²) < 4.78 is 32.5. The molecule has 2 aromatic carbocycles. The van der Waals surface area contributed by atoms with Gasteiger partial charge >= 0.3 is 0 Å². The molecule has 0 radical (unpaired) electrons. The van der Waals surface area contributed by atoms with Crippen LogP contribution in [0.3, 0.4) is 0 Å². The van der Waals surface area contributed by atoms with Crippen LogP contribution < -0.4 is 10.0 Å². The zero-order valence-electron chi connectivity index (χ0n) is 18.9. The molecule has 0 atom stereocenters. The zero-order valence-corrected chi connectivity index (χ0v) is 19.8. The lowest BCUT2D eigenvalue weighted by molar-refractivity contribution is -0.116. The molecule has 2 heterocycles. The molecule has 2 N–H and O–H groups in total. The van der Waals surface area contributed by atoms with Crippen molar-refractivity contribution in [1.29, 1.82) is 0 Å². The molecule has 0 bridgehead atoms. The van der Waals surface area contributed by atoms with E-state index in [-0.39, 0.29) is 17.3 Å². The lowest BCUT2D eigenvalue weighted by atomic mass is 10.1. The number of hydrogen-bond acceptors (Lipinski definition) is 5. The van der Waals surface area contributed by atoms with Gasteiger partial charge in [0.1, 0.15) is 5.76 Å². The van der Waals surface area contributed by atoms with Crippen LogP contribution in [0.25, 0.3) is 6.08 Å². The van der Waals surface area contributed by atoms with Gasteiger partial charge in [0.05, 0.1) is 17.7 Å². The van der Waals surface area contributed by atoms with Gasteiger partial charge in [-0.15, -0.1) is 0 Å². The summed E-state index contributed by atoms with van der Waals surface area (Å²) in [4.78, 5) is 14.9. The van der Waals surface area contributed by atoms with Crippen molar-refractivity contribution in [3.8, 4) is 0 Å². The molecule has 3 aromatic rings. The second-order valence-electron chi connectivity index (χ2n) is 8.28. The maximum absolute atomic E-state index is 12.4. The highest BCUT2D eigenvalue weighted by atomic mass is 32.2. The first-order chi connectivity index (χ1) is 16.5. The van der Waals surface area contributed by atoms with Gasteiger partial charge in [-0.2, -0.15) is 0 Å². The molecule has 178 valence electrons. The Morgan fingerprint density at radius 2 is 1.68 bits per heavy atom. The van der Waals surface area contributed by atoms with E-state index in [0.717, 1.165) is 30.8 Å². The average Bonchev–Trinajstić information content (AvgIpc) is 3.56. The van der Waals surface area contributed by atoms with Gasteiger partial charge in [-0.3, -0.25) is 9.69 Å². The van der Waals surface area contributed by atoms with Gasteiger partial charge in [0.2, 0.25) is 15.9 Å². The summed E-state index contributed by atoms with van der Waals surface area (Å²) in [6.07, 6.45) is 7.12. The molecule has 1 aromatic heterocycles. The second kappa shape index (κ2) is 11.3. The van der Waals surface area contributed by atoms with Gasteiger partial charge in [0.15, 0.2) is 0 Å². The number of sulfonamides is 1. The van der Waals surface area contributed by atoms with Crippen LogP contribution in [-0.4, -0.2) is 32.3 Å². The highest BCUT2D eigenvalue weighted by molar-refractivity contribution is 7.89. The van der Waals surface area contributed by atoms with Crippen molar-refractivity contribution in [2.24, 2.45) is 0 Å². The standard InChI is InChI=1S/C26H29N3O4S/c30-26(27-18-22-6-1-2-7-23(22)20-29-15-3-4-16-29)14-11-21-9-12-25(13-10-21)34(31,32)28-19-24-8-5-17-33-24/h1-2,5-14,17,28H,3-4,15-16,18-20H2,(H,27,30)/b14-11+. The molecule has 0 unspecified atom stereocenters. The molecular formula is C26H29N3O4S. The Kier molecular flexibility index (Phi) is 7.95. The van der Waals surface area contributed by atoms with E-state index in [9.17, 15) is 13.2 Å². The molecule has 1 fully saturated rings. The first kappa shape index (κ1) is 23.9. The van der Waals surface area contributed by atoms with Crippen LogP contribution in [0.2, 0.25) is 0 Å². The Hall–Kier alpha value is -3.20. The van der Waals surface area contributed by atoms with E-state index in [4.69, 9.17) is 4.42 Å². The number of nitrogens with zero attached hydrogens (tertiary/aromatic N) is 1. The Labute approximate surface area is 200 Å². The maximum atomic E-state index is 12.4. The van der Waals surface area contributed by atoms with E-state index in [1.807, 2.05) is 12.1 Å². The minimum Gasteiger partial charge on any atom is -0.468 e. The minimum absolute atomic E-state index is 0.0817. The van der Waals surface area contributed by atoms with Crippen LogP contribution in [0.4, 0.5) is 0 Å². The number of amides is 1. The fourth-order valence-corrected chi connectivity index (χ4v) is 4.89. The lowest BCUT2D eigenvalue weighted by Gasteiger charge is -2.17. The third-order valence-corrected chi connectivity index (χ3v) is 7.22. The molecule has 1 amide bonds. The van der Waals surface area contributed by atoms with Crippen LogP contribution in [0.1, 0.15) is 35.3 Å². The number of nitrogens with one attached hydrogen (secondary N) is 2. The number of rotatable bonds is 10. The summed E-state index contributed by atoms with van der Waals surface area (Å²) in [6, 6.07) is 17.9. The third kappa shape index (κ3) is 6.66. The molecular weight excluding hydrogens is 450 g/mol. The van der Waals surface area contributed by atoms with E-state index < -0.39 is 10.0 Å². The Morgan fingerprint density at radius 1 is 0.941 bits per heavy atom. The van der Waals surface area contributed by atoms with Crippen molar-refractivity contribution in [2.45, 2.75) is 37.4 Å². The van der Waals surface area contributed by atoms with Crippen LogP contribution >= 0.6 is 0 Å². The molecule has 8 heteroatoms. The van der Waals surface area contributed by atoms with Crippen molar-refractivity contribution >= 4 is 22.0 Å². The lowest BCUT2D eigenvalue weighted by Crippen LogP contribution is -2.23. The second-order valence-corrected chi connectivity index (χ2v) is 10.0. The van der Waals surface area contributed by atoms with Gasteiger partial charge in [-0.1, -0.05) is 36.4 Å². The predicted molar refractivity (Wildman–Crippen MR) is 131 cm³/mol. The number of furan rings is 1. The molecule has 0 aliphatic carbocycles. The summed E-state index contributed by atoms with van der Waals surface area (Å²) in [5.74, 6) is 0.334. The van der Waals surface area contributed by atoms with Gasteiger partial charge < -0.3 is 9.73 Å². The van der Waals surface area contributed by atoms with Gasteiger partial charge in [-0.25, -0.2) is 13.1 Å². The average molecular weight is 480 g/mol. The Bertz CT molecular complexity index is 1210. The quantitative estimate of drug-likeness (QED) is 0.433. The van der Waals surface area contributed by atoms with Crippen LogP contribution in [0, 0.1) is 0 Å². The number of carbonyl (C=O) groups excluding carboxylic acids is 1. The number of carbonyl (C=O) groups is 1. The van der Waals surface area contributed by atoms with Crippen molar-refractivity contribution < 1.29 is 17.6 Å². The van der Waals surface area contributed by atoms with E-state index >= 15 is 0 Å². The van der Waals surface area contributed by atoms with Crippen molar-refractivity contribution in [3.63, 3.8) is 0 Å². The fraction of sp³-hybridized carbons (Fsp3) is 0.269. The molecule has 1 aliphatic heterocycles. The largest absolute Gasteiger partial charge is 0.468 e. The summed E-state index contributed by atoms with van der Waals surface area (Å²) in [5, 5.41) is 2.94. The number of likely N-dealkylation sites (tertiary alicyclic amines) is 1. The molecule has 1 saturated heterocycles. The van der Waals surface area contributed by atoms with Crippen LogP contribution in [-0.2, 0) is 34.5 Å². The molecule has 4 rings (SSSR count). The highest BCUT2D eigenvalue weighted by Gasteiger charge is 2.15. The summed E-state index contributed by atoms with van der Waals surface area (Å²) in [5.41, 5.74) is 3.09. The maximum Gasteiger partial charge on any atom is 0.244 e. The Balaban J connectivity index is 1.29. The van der Waals surface area contributed by atoms with E-state index in [0.29, 0.717) is 12.3 Å². The van der Waals surface area contributed by atoms with Gasteiger partial charge in [0, 0.05) is 19.2 Å². The smallest absolute Gasteiger partial charge is 0.244 e. The third-order valence-electron chi connectivity index (χ3n) is 5.80. The zero-order chi connectivity index (χ0) is 23.8.